The van der Waals surface area contributed by atoms with Crippen molar-refractivity contribution in [3.63, 3.8) is 0 Å². The van der Waals surface area contributed by atoms with Crippen LogP contribution in [0.5, 0.6) is 0 Å². The van der Waals surface area contributed by atoms with Crippen LogP contribution >= 0.6 is 0 Å². The van der Waals surface area contributed by atoms with Crippen LogP contribution in [0.1, 0.15) is 31.1 Å². The number of halogens is 3. The standard InChI is InChI=1S/C20H22F3N3O3/c1-14(27)25-9-7-17(8-10-25)26(13-18-6-3-11-29-18)19(28)24-16-5-2-4-15(12-16)20(21,22)23/h2-6,11-12,17H,7-10,13H2,1H3,(H,24,28). The molecule has 0 saturated carbocycles. The van der Waals surface area contributed by atoms with Crippen LogP contribution in [-0.4, -0.2) is 40.9 Å². The van der Waals surface area contributed by atoms with E-state index in [1.807, 2.05) is 0 Å². The van der Waals surface area contributed by atoms with Gasteiger partial charge in [-0.1, -0.05) is 6.07 Å². The molecule has 1 aromatic heterocycles. The maximum atomic E-state index is 12.9. The van der Waals surface area contributed by atoms with Gasteiger partial charge in [-0.15, -0.1) is 0 Å². The number of nitrogens with zero attached hydrogens (tertiary/aromatic N) is 2. The predicted octanol–water partition coefficient (Wildman–Crippen LogP) is 4.34. The van der Waals surface area contributed by atoms with Gasteiger partial charge >= 0.3 is 12.2 Å². The number of anilines is 1. The molecule has 1 N–H and O–H groups in total. The van der Waals surface area contributed by atoms with Gasteiger partial charge in [0.1, 0.15) is 5.76 Å². The van der Waals surface area contributed by atoms with Gasteiger partial charge < -0.3 is 19.5 Å². The summed E-state index contributed by atoms with van der Waals surface area (Å²) in [6.45, 7) is 2.72. The Balaban J connectivity index is 1.75. The van der Waals surface area contributed by atoms with Crippen molar-refractivity contribution < 1.29 is 27.2 Å². The summed E-state index contributed by atoms with van der Waals surface area (Å²) in [5.74, 6) is 0.549. The van der Waals surface area contributed by atoms with Crippen molar-refractivity contribution in [2.45, 2.75) is 38.5 Å². The average molecular weight is 409 g/mol. The molecular formula is C20H22F3N3O3. The highest BCUT2D eigenvalue weighted by atomic mass is 19.4. The van der Waals surface area contributed by atoms with E-state index in [1.54, 1.807) is 21.9 Å². The van der Waals surface area contributed by atoms with Crippen molar-refractivity contribution in [1.29, 1.82) is 0 Å². The van der Waals surface area contributed by atoms with Crippen molar-refractivity contribution in [3.8, 4) is 0 Å². The SMILES string of the molecule is CC(=O)N1CCC(N(Cc2ccco2)C(=O)Nc2cccc(C(F)(F)F)c2)CC1. The number of carbonyl (C=O) groups excluding carboxylic acids is 2. The number of rotatable bonds is 4. The van der Waals surface area contributed by atoms with Crippen molar-refractivity contribution in [2.24, 2.45) is 0 Å². The van der Waals surface area contributed by atoms with E-state index in [0.717, 1.165) is 12.1 Å². The summed E-state index contributed by atoms with van der Waals surface area (Å²) in [6.07, 6.45) is -1.84. The number of likely N-dealkylation sites (tertiary alicyclic amines) is 1. The van der Waals surface area contributed by atoms with Crippen LogP contribution in [0, 0.1) is 0 Å². The van der Waals surface area contributed by atoms with E-state index in [2.05, 4.69) is 5.32 Å². The Morgan fingerprint density at radius 3 is 2.52 bits per heavy atom. The van der Waals surface area contributed by atoms with Crippen LogP contribution in [-0.2, 0) is 17.5 Å². The second kappa shape index (κ2) is 8.59. The molecule has 2 aromatic rings. The van der Waals surface area contributed by atoms with E-state index in [0.29, 0.717) is 31.7 Å². The predicted molar refractivity (Wildman–Crippen MR) is 100.0 cm³/mol. The number of alkyl halides is 3. The third-order valence-corrected chi connectivity index (χ3v) is 4.96. The van der Waals surface area contributed by atoms with Crippen LogP contribution in [0.3, 0.4) is 0 Å². The Hall–Kier alpha value is -2.97. The fourth-order valence-corrected chi connectivity index (χ4v) is 3.40. The fourth-order valence-electron chi connectivity index (χ4n) is 3.40. The highest BCUT2D eigenvalue weighted by Gasteiger charge is 2.32. The monoisotopic (exact) mass is 409 g/mol. The van der Waals surface area contributed by atoms with E-state index in [9.17, 15) is 22.8 Å². The Morgan fingerprint density at radius 1 is 1.21 bits per heavy atom. The second-order valence-electron chi connectivity index (χ2n) is 6.95. The van der Waals surface area contributed by atoms with Gasteiger partial charge in [-0.25, -0.2) is 4.79 Å². The molecule has 29 heavy (non-hydrogen) atoms. The van der Waals surface area contributed by atoms with Gasteiger partial charge in [0.25, 0.3) is 0 Å². The zero-order valence-corrected chi connectivity index (χ0v) is 15.9. The topological polar surface area (TPSA) is 65.8 Å². The highest BCUT2D eigenvalue weighted by molar-refractivity contribution is 5.89. The van der Waals surface area contributed by atoms with E-state index >= 15 is 0 Å². The van der Waals surface area contributed by atoms with E-state index in [1.165, 1.54) is 25.3 Å². The number of furan rings is 1. The van der Waals surface area contributed by atoms with Gasteiger partial charge in [0, 0.05) is 31.7 Å². The summed E-state index contributed by atoms with van der Waals surface area (Å²) in [7, 11) is 0. The Morgan fingerprint density at radius 2 is 1.93 bits per heavy atom. The van der Waals surface area contributed by atoms with E-state index in [-0.39, 0.29) is 24.2 Å². The molecule has 1 aliphatic rings. The molecule has 1 saturated heterocycles. The minimum Gasteiger partial charge on any atom is -0.467 e. The van der Waals surface area contributed by atoms with Gasteiger partial charge in [-0.2, -0.15) is 13.2 Å². The van der Waals surface area contributed by atoms with Gasteiger partial charge in [0.15, 0.2) is 0 Å². The van der Waals surface area contributed by atoms with Crippen molar-refractivity contribution in [2.75, 3.05) is 18.4 Å². The first kappa shape index (κ1) is 20.8. The molecule has 0 bridgehead atoms. The minimum absolute atomic E-state index is 0.0190. The quantitative estimate of drug-likeness (QED) is 0.817. The minimum atomic E-state index is -4.49. The highest BCUT2D eigenvalue weighted by Crippen LogP contribution is 2.31. The molecule has 1 fully saturated rings. The number of piperidine rings is 1. The van der Waals surface area contributed by atoms with Crippen LogP contribution in [0.25, 0.3) is 0 Å². The number of hydrogen-bond donors (Lipinski definition) is 1. The average Bonchev–Trinajstić information content (AvgIpc) is 3.19. The molecule has 3 rings (SSSR count). The first-order valence-corrected chi connectivity index (χ1v) is 9.27. The lowest BCUT2D eigenvalue weighted by molar-refractivity contribution is -0.137. The molecule has 156 valence electrons. The second-order valence-corrected chi connectivity index (χ2v) is 6.95. The summed E-state index contributed by atoms with van der Waals surface area (Å²) >= 11 is 0. The largest absolute Gasteiger partial charge is 0.467 e. The molecule has 3 amide bonds. The van der Waals surface area contributed by atoms with E-state index in [4.69, 9.17) is 4.42 Å². The third-order valence-electron chi connectivity index (χ3n) is 4.96. The molecule has 0 radical (unpaired) electrons. The molecule has 0 spiro atoms. The van der Waals surface area contributed by atoms with Crippen molar-refractivity contribution in [3.05, 3.63) is 54.0 Å². The molecule has 0 aliphatic carbocycles. The smallest absolute Gasteiger partial charge is 0.416 e. The lowest BCUT2D eigenvalue weighted by Crippen LogP contribution is -2.49. The van der Waals surface area contributed by atoms with Crippen LogP contribution in [0.2, 0.25) is 0 Å². The molecule has 1 aliphatic heterocycles. The molecule has 0 unspecified atom stereocenters. The number of carbonyl (C=O) groups is 2. The summed E-state index contributed by atoms with van der Waals surface area (Å²) in [6, 6.07) is 7.28. The maximum absolute atomic E-state index is 12.9. The first-order valence-electron chi connectivity index (χ1n) is 9.27. The number of amides is 3. The van der Waals surface area contributed by atoms with Crippen LogP contribution in [0.15, 0.2) is 47.1 Å². The van der Waals surface area contributed by atoms with Crippen molar-refractivity contribution >= 4 is 17.6 Å². The molecule has 1 aromatic carbocycles. The fraction of sp³-hybridized carbons (Fsp3) is 0.400. The molecule has 9 heteroatoms. The maximum Gasteiger partial charge on any atom is 0.416 e. The zero-order chi connectivity index (χ0) is 21.0. The first-order chi connectivity index (χ1) is 13.7. The molecule has 6 nitrogen and oxygen atoms in total. The Bertz CT molecular complexity index is 844. The normalized spacial score (nSPS) is 15.2. The van der Waals surface area contributed by atoms with Gasteiger partial charge in [-0.3, -0.25) is 4.79 Å². The Kier molecular flexibility index (Phi) is 6.14. The van der Waals surface area contributed by atoms with Gasteiger partial charge in [0.05, 0.1) is 18.4 Å². The summed E-state index contributed by atoms with van der Waals surface area (Å²) in [4.78, 5) is 27.7. The molecule has 0 atom stereocenters. The van der Waals surface area contributed by atoms with Crippen LogP contribution in [0.4, 0.5) is 23.7 Å². The lowest BCUT2D eigenvalue weighted by Gasteiger charge is -2.38. The number of urea groups is 1. The number of nitrogens with one attached hydrogen (secondary N) is 1. The summed E-state index contributed by atoms with van der Waals surface area (Å²) in [5.41, 5.74) is -0.766. The third kappa shape index (κ3) is 5.30. The Labute approximate surface area is 166 Å². The zero-order valence-electron chi connectivity index (χ0n) is 15.9. The summed E-state index contributed by atoms with van der Waals surface area (Å²) < 4.78 is 44.2. The van der Waals surface area contributed by atoms with E-state index < -0.39 is 17.8 Å². The van der Waals surface area contributed by atoms with Gasteiger partial charge in [-0.05, 0) is 43.2 Å². The number of hydrogen-bond acceptors (Lipinski definition) is 3. The summed E-state index contributed by atoms with van der Waals surface area (Å²) in [5, 5.41) is 2.56. The molecular weight excluding hydrogens is 387 g/mol. The van der Waals surface area contributed by atoms with Gasteiger partial charge in [0.2, 0.25) is 5.91 Å². The lowest BCUT2D eigenvalue weighted by atomic mass is 10.0. The van der Waals surface area contributed by atoms with Crippen molar-refractivity contribution in [1.82, 2.24) is 9.80 Å². The molecule has 2 heterocycles. The number of benzene rings is 1. The van der Waals surface area contributed by atoms with Crippen LogP contribution < -0.4 is 5.32 Å².